The summed E-state index contributed by atoms with van der Waals surface area (Å²) in [5.41, 5.74) is -0.609. The van der Waals surface area contributed by atoms with Gasteiger partial charge in [0, 0.05) is 11.6 Å². The molecule has 0 aromatic heterocycles. The minimum atomic E-state index is -0.986. The number of carbonyl (C=O) groups is 1. The van der Waals surface area contributed by atoms with Crippen LogP contribution < -0.4 is 4.74 Å². The zero-order valence-corrected chi connectivity index (χ0v) is 10.1. The van der Waals surface area contributed by atoms with Gasteiger partial charge in [-0.3, -0.25) is 4.79 Å². The van der Waals surface area contributed by atoms with Crippen molar-refractivity contribution in [3.8, 4) is 11.5 Å². The number of halogens is 1. The molecular formula is C12H13ClO4. The number of benzene rings is 1. The lowest BCUT2D eigenvalue weighted by molar-refractivity contribution is -0.147. The van der Waals surface area contributed by atoms with Gasteiger partial charge in [-0.15, -0.1) is 0 Å². The third-order valence-electron chi connectivity index (χ3n) is 3.40. The fourth-order valence-electron chi connectivity index (χ4n) is 2.21. The van der Waals surface area contributed by atoms with E-state index in [1.54, 1.807) is 0 Å². The van der Waals surface area contributed by atoms with Gasteiger partial charge in [0.15, 0.2) is 0 Å². The number of carboxylic acid groups (broad SMARTS) is 1. The predicted molar refractivity (Wildman–Crippen MR) is 62.8 cm³/mol. The fraction of sp³-hybridized carbons (Fsp3) is 0.417. The SMILES string of the molecule is COc1cc(O)c(C2(C(=O)O)CCC2)cc1Cl. The standard InChI is InChI=1S/C12H13ClO4/c1-17-10-6-9(14)7(5-8(10)13)12(11(15)16)3-2-4-12/h5-6,14H,2-4H2,1H3,(H,15,16). The number of rotatable bonds is 3. The summed E-state index contributed by atoms with van der Waals surface area (Å²) in [5.74, 6) is -0.651. The third-order valence-corrected chi connectivity index (χ3v) is 3.70. The Labute approximate surface area is 104 Å². The normalized spacial score (nSPS) is 17.3. The van der Waals surface area contributed by atoms with Crippen LogP contribution >= 0.6 is 11.6 Å². The van der Waals surface area contributed by atoms with Crippen molar-refractivity contribution in [2.24, 2.45) is 0 Å². The predicted octanol–water partition coefficient (Wildman–Crippen LogP) is 2.56. The van der Waals surface area contributed by atoms with Crippen LogP contribution in [0.25, 0.3) is 0 Å². The van der Waals surface area contributed by atoms with Crippen molar-refractivity contribution in [2.45, 2.75) is 24.7 Å². The molecule has 2 N–H and O–H groups in total. The first-order valence-corrected chi connectivity index (χ1v) is 5.69. The number of carboxylic acids is 1. The zero-order valence-electron chi connectivity index (χ0n) is 9.36. The van der Waals surface area contributed by atoms with Gasteiger partial charge in [-0.25, -0.2) is 0 Å². The van der Waals surface area contributed by atoms with E-state index in [2.05, 4.69) is 0 Å². The lowest BCUT2D eigenvalue weighted by Gasteiger charge is -2.38. The summed E-state index contributed by atoms with van der Waals surface area (Å²) >= 11 is 5.96. The number of aliphatic carboxylic acids is 1. The molecule has 1 aliphatic carbocycles. The van der Waals surface area contributed by atoms with Gasteiger partial charge >= 0.3 is 5.97 Å². The van der Waals surface area contributed by atoms with E-state index in [1.807, 2.05) is 0 Å². The Morgan fingerprint density at radius 3 is 2.53 bits per heavy atom. The number of hydrogen-bond donors (Lipinski definition) is 2. The van der Waals surface area contributed by atoms with Crippen molar-refractivity contribution in [2.75, 3.05) is 7.11 Å². The summed E-state index contributed by atoms with van der Waals surface area (Å²) in [6, 6.07) is 2.85. The van der Waals surface area contributed by atoms with Crippen LogP contribution in [0.15, 0.2) is 12.1 Å². The minimum Gasteiger partial charge on any atom is -0.507 e. The molecule has 0 unspecified atom stereocenters. The maximum atomic E-state index is 11.3. The van der Waals surface area contributed by atoms with Crippen LogP contribution in [0.5, 0.6) is 11.5 Å². The van der Waals surface area contributed by atoms with Crippen molar-refractivity contribution in [3.63, 3.8) is 0 Å². The van der Waals surface area contributed by atoms with Crippen molar-refractivity contribution < 1.29 is 19.7 Å². The molecule has 0 saturated heterocycles. The van der Waals surface area contributed by atoms with Crippen LogP contribution in [0.4, 0.5) is 0 Å². The molecule has 0 spiro atoms. The van der Waals surface area contributed by atoms with Crippen molar-refractivity contribution in [1.29, 1.82) is 0 Å². The van der Waals surface area contributed by atoms with Crippen molar-refractivity contribution in [3.05, 3.63) is 22.7 Å². The summed E-state index contributed by atoms with van der Waals surface area (Å²) in [6.45, 7) is 0. The first-order valence-electron chi connectivity index (χ1n) is 5.31. The van der Waals surface area contributed by atoms with Gasteiger partial charge < -0.3 is 14.9 Å². The number of ether oxygens (including phenoxy) is 1. The molecule has 0 radical (unpaired) electrons. The van der Waals surface area contributed by atoms with E-state index >= 15 is 0 Å². The maximum Gasteiger partial charge on any atom is 0.314 e. The summed E-state index contributed by atoms with van der Waals surface area (Å²) in [6.07, 6.45) is 1.90. The highest BCUT2D eigenvalue weighted by molar-refractivity contribution is 6.32. The van der Waals surface area contributed by atoms with Gasteiger partial charge in [-0.1, -0.05) is 18.0 Å². The highest BCUT2D eigenvalue weighted by atomic mass is 35.5. The van der Waals surface area contributed by atoms with E-state index in [4.69, 9.17) is 16.3 Å². The molecule has 0 atom stereocenters. The first-order chi connectivity index (χ1) is 8.01. The zero-order chi connectivity index (χ0) is 12.6. The van der Waals surface area contributed by atoms with Gasteiger partial charge in [0.25, 0.3) is 0 Å². The second-order valence-corrected chi connectivity index (χ2v) is 4.65. The fourth-order valence-corrected chi connectivity index (χ4v) is 2.45. The van der Waals surface area contributed by atoms with E-state index in [-0.39, 0.29) is 5.75 Å². The van der Waals surface area contributed by atoms with Gasteiger partial charge in [0.05, 0.1) is 17.5 Å². The molecule has 1 fully saturated rings. The molecule has 2 rings (SSSR count). The summed E-state index contributed by atoms with van der Waals surface area (Å²) < 4.78 is 4.97. The lowest BCUT2D eigenvalue weighted by Crippen LogP contribution is -2.42. The average molecular weight is 257 g/mol. The Kier molecular flexibility index (Phi) is 2.91. The van der Waals surface area contributed by atoms with Crippen LogP contribution in [-0.2, 0) is 10.2 Å². The molecule has 1 aliphatic rings. The van der Waals surface area contributed by atoms with Gasteiger partial charge in [-0.05, 0) is 18.9 Å². The highest BCUT2D eigenvalue weighted by Gasteiger charge is 2.47. The molecule has 92 valence electrons. The number of hydrogen-bond acceptors (Lipinski definition) is 3. The van der Waals surface area contributed by atoms with E-state index in [1.165, 1.54) is 19.2 Å². The molecule has 0 aliphatic heterocycles. The van der Waals surface area contributed by atoms with Crippen LogP contribution in [-0.4, -0.2) is 23.3 Å². The number of aromatic hydroxyl groups is 1. The quantitative estimate of drug-likeness (QED) is 0.872. The molecule has 0 bridgehead atoms. The van der Waals surface area contributed by atoms with E-state index in [0.717, 1.165) is 6.42 Å². The van der Waals surface area contributed by atoms with Gasteiger partial charge in [-0.2, -0.15) is 0 Å². The Balaban J connectivity index is 2.52. The molecule has 1 aromatic rings. The maximum absolute atomic E-state index is 11.3. The molecular weight excluding hydrogens is 244 g/mol. The average Bonchev–Trinajstić information content (AvgIpc) is 2.20. The van der Waals surface area contributed by atoms with Crippen LogP contribution in [0.3, 0.4) is 0 Å². The van der Waals surface area contributed by atoms with Crippen LogP contribution in [0, 0.1) is 0 Å². The molecule has 1 saturated carbocycles. The molecule has 17 heavy (non-hydrogen) atoms. The second-order valence-electron chi connectivity index (χ2n) is 4.24. The van der Waals surface area contributed by atoms with Crippen LogP contribution in [0.2, 0.25) is 5.02 Å². The topological polar surface area (TPSA) is 66.8 Å². The Bertz CT molecular complexity index is 466. The lowest BCUT2D eigenvalue weighted by atomic mass is 9.64. The first kappa shape index (κ1) is 12.0. The Morgan fingerprint density at radius 2 is 2.12 bits per heavy atom. The Hall–Kier alpha value is -1.42. The monoisotopic (exact) mass is 256 g/mol. The molecule has 0 heterocycles. The summed E-state index contributed by atoms with van der Waals surface area (Å²) in [4.78, 5) is 11.3. The van der Waals surface area contributed by atoms with Gasteiger partial charge in [0.1, 0.15) is 11.5 Å². The number of phenolic OH excluding ortho intramolecular Hbond substituents is 1. The van der Waals surface area contributed by atoms with Crippen molar-refractivity contribution >= 4 is 17.6 Å². The highest BCUT2D eigenvalue weighted by Crippen LogP contribution is 2.49. The molecule has 4 nitrogen and oxygen atoms in total. The minimum absolute atomic E-state index is 0.0756. The number of methoxy groups -OCH3 is 1. The summed E-state index contributed by atoms with van der Waals surface area (Å²) in [7, 11) is 1.44. The number of phenols is 1. The van der Waals surface area contributed by atoms with E-state index in [0.29, 0.717) is 29.2 Å². The molecule has 5 heteroatoms. The summed E-state index contributed by atoms with van der Waals surface area (Å²) in [5, 5.41) is 19.5. The van der Waals surface area contributed by atoms with Crippen LogP contribution in [0.1, 0.15) is 24.8 Å². The molecule has 0 amide bonds. The van der Waals surface area contributed by atoms with E-state index < -0.39 is 11.4 Å². The van der Waals surface area contributed by atoms with Crippen molar-refractivity contribution in [1.82, 2.24) is 0 Å². The third kappa shape index (κ3) is 1.72. The van der Waals surface area contributed by atoms with Gasteiger partial charge in [0.2, 0.25) is 0 Å². The largest absolute Gasteiger partial charge is 0.507 e. The Morgan fingerprint density at radius 1 is 1.47 bits per heavy atom. The van der Waals surface area contributed by atoms with E-state index in [9.17, 15) is 15.0 Å². The smallest absolute Gasteiger partial charge is 0.314 e. The second kappa shape index (κ2) is 4.11. The molecule has 1 aromatic carbocycles.